The lowest BCUT2D eigenvalue weighted by molar-refractivity contribution is 0.712. The number of hydrogen-bond donors (Lipinski definition) is 0. The molecule has 0 atom stereocenters. The minimum atomic E-state index is -0.206. The molecule has 9 rings (SSSR count). The van der Waals surface area contributed by atoms with Gasteiger partial charge in [-0.15, -0.1) is 0 Å². The molecule has 1 heterocycles. The van der Waals surface area contributed by atoms with Crippen LogP contribution in [0.3, 0.4) is 0 Å². The third-order valence-corrected chi connectivity index (χ3v) is 9.16. The molecule has 1 spiro atoms. The van der Waals surface area contributed by atoms with Crippen LogP contribution in [0, 0.1) is 0 Å². The van der Waals surface area contributed by atoms with E-state index in [0.29, 0.717) is 0 Å². The van der Waals surface area contributed by atoms with Crippen LogP contribution in [0.5, 0.6) is 0 Å². The Labute approximate surface area is 222 Å². The molecule has 0 N–H and O–H groups in total. The Kier molecular flexibility index (Phi) is 3.89. The number of aromatic nitrogens is 1. The Hall–Kier alpha value is -4.62. The van der Waals surface area contributed by atoms with E-state index in [1.807, 2.05) is 0 Å². The molecular formula is C37H25N. The summed E-state index contributed by atoms with van der Waals surface area (Å²) in [6.45, 7) is 0. The van der Waals surface area contributed by atoms with Crippen molar-refractivity contribution < 1.29 is 0 Å². The maximum absolute atomic E-state index is 2.51. The van der Waals surface area contributed by atoms with Gasteiger partial charge in [-0.2, -0.15) is 0 Å². The average Bonchev–Trinajstić information content (AvgIpc) is 3.59. The standard InChI is InChI=1S/C37H25N/c1-6-16-31-25(11-1)26-12-2-7-17-32(26)37(31)33-18-8-3-13-27(33)30-23-24(21-22-34(30)37)38-35-19-9-4-14-28(35)29-15-5-10-20-36(29)38/h1-20,23H,21-22H2. The van der Waals surface area contributed by atoms with E-state index in [-0.39, 0.29) is 5.41 Å². The van der Waals surface area contributed by atoms with Gasteiger partial charge in [0.25, 0.3) is 0 Å². The van der Waals surface area contributed by atoms with Crippen molar-refractivity contribution in [1.29, 1.82) is 0 Å². The lowest BCUT2D eigenvalue weighted by atomic mass is 9.68. The smallest absolute Gasteiger partial charge is 0.0688 e. The van der Waals surface area contributed by atoms with Crippen molar-refractivity contribution in [3.8, 4) is 11.1 Å². The Balaban J connectivity index is 1.37. The summed E-state index contributed by atoms with van der Waals surface area (Å²) in [6.07, 6.45) is 4.57. The number of allylic oxidation sites excluding steroid dienone is 4. The molecule has 0 fully saturated rings. The first-order valence-electron chi connectivity index (χ1n) is 13.6. The molecule has 1 nitrogen and oxygen atoms in total. The van der Waals surface area contributed by atoms with Crippen molar-refractivity contribution in [1.82, 2.24) is 4.57 Å². The summed E-state index contributed by atoms with van der Waals surface area (Å²) in [5, 5.41) is 2.65. The predicted molar refractivity (Wildman–Crippen MR) is 158 cm³/mol. The van der Waals surface area contributed by atoms with Crippen LogP contribution in [0.15, 0.2) is 133 Å². The van der Waals surface area contributed by atoms with Gasteiger partial charge in [0.15, 0.2) is 0 Å². The van der Waals surface area contributed by atoms with Gasteiger partial charge in [0, 0.05) is 16.5 Å². The average molecular weight is 484 g/mol. The SMILES string of the molecule is C1=C(n2c3ccccc3c3ccccc32)CCC2=C1c1ccccc1C21c2ccccc2-c2ccccc21. The second-order valence-electron chi connectivity index (χ2n) is 10.8. The van der Waals surface area contributed by atoms with Crippen molar-refractivity contribution >= 4 is 33.1 Å². The number of nitrogens with zero attached hydrogens (tertiary/aromatic N) is 1. The molecule has 0 amide bonds. The maximum Gasteiger partial charge on any atom is 0.0688 e. The van der Waals surface area contributed by atoms with Crippen LogP contribution in [0.4, 0.5) is 0 Å². The molecule has 1 heteroatoms. The number of rotatable bonds is 1. The zero-order chi connectivity index (χ0) is 24.8. The lowest BCUT2D eigenvalue weighted by Crippen LogP contribution is -2.28. The Morgan fingerprint density at radius 3 is 1.55 bits per heavy atom. The highest BCUT2D eigenvalue weighted by Crippen LogP contribution is 2.64. The van der Waals surface area contributed by atoms with Gasteiger partial charge in [0.2, 0.25) is 0 Å². The highest BCUT2D eigenvalue weighted by molar-refractivity contribution is 6.11. The zero-order valence-corrected chi connectivity index (χ0v) is 21.0. The van der Waals surface area contributed by atoms with Crippen molar-refractivity contribution in [3.63, 3.8) is 0 Å². The van der Waals surface area contributed by atoms with E-state index in [9.17, 15) is 0 Å². The fraction of sp³-hybridized carbons (Fsp3) is 0.0811. The van der Waals surface area contributed by atoms with Crippen molar-refractivity contribution in [2.75, 3.05) is 0 Å². The van der Waals surface area contributed by atoms with Crippen LogP contribution in [0.2, 0.25) is 0 Å². The molecule has 0 saturated carbocycles. The van der Waals surface area contributed by atoms with E-state index >= 15 is 0 Å². The first-order valence-corrected chi connectivity index (χ1v) is 13.6. The van der Waals surface area contributed by atoms with Gasteiger partial charge in [-0.05, 0) is 75.6 Å². The zero-order valence-electron chi connectivity index (χ0n) is 21.0. The molecule has 5 aromatic carbocycles. The van der Waals surface area contributed by atoms with Gasteiger partial charge in [-0.25, -0.2) is 0 Å². The monoisotopic (exact) mass is 483 g/mol. The fourth-order valence-electron chi connectivity index (χ4n) is 7.81. The molecule has 0 aliphatic heterocycles. The molecule has 3 aliphatic carbocycles. The van der Waals surface area contributed by atoms with E-state index in [1.165, 1.54) is 66.5 Å². The van der Waals surface area contributed by atoms with Crippen LogP contribution in [0.25, 0.3) is 44.2 Å². The van der Waals surface area contributed by atoms with Crippen LogP contribution in [-0.4, -0.2) is 4.57 Å². The lowest BCUT2D eigenvalue weighted by Gasteiger charge is -2.34. The second kappa shape index (κ2) is 7.24. The predicted octanol–water partition coefficient (Wildman–Crippen LogP) is 9.21. The molecule has 6 aromatic rings. The third-order valence-electron chi connectivity index (χ3n) is 9.16. The van der Waals surface area contributed by atoms with Crippen LogP contribution >= 0.6 is 0 Å². The largest absolute Gasteiger partial charge is 0.313 e. The Morgan fingerprint density at radius 1 is 0.474 bits per heavy atom. The van der Waals surface area contributed by atoms with E-state index < -0.39 is 0 Å². The molecule has 0 radical (unpaired) electrons. The summed E-state index contributed by atoms with van der Waals surface area (Å²) in [7, 11) is 0. The molecule has 3 aliphatic rings. The molecule has 0 bridgehead atoms. The topological polar surface area (TPSA) is 4.93 Å². The molecule has 0 saturated heterocycles. The summed E-state index contributed by atoms with van der Waals surface area (Å²) in [4.78, 5) is 0. The first kappa shape index (κ1) is 20.4. The molecule has 0 unspecified atom stereocenters. The van der Waals surface area contributed by atoms with E-state index in [2.05, 4.69) is 132 Å². The van der Waals surface area contributed by atoms with E-state index in [4.69, 9.17) is 0 Å². The van der Waals surface area contributed by atoms with Gasteiger partial charge >= 0.3 is 0 Å². The summed E-state index contributed by atoms with van der Waals surface area (Å²) in [5.74, 6) is 0. The number of benzene rings is 5. The fourth-order valence-corrected chi connectivity index (χ4v) is 7.81. The minimum absolute atomic E-state index is 0.206. The highest BCUT2D eigenvalue weighted by Gasteiger charge is 2.52. The molecular weight excluding hydrogens is 458 g/mol. The molecule has 38 heavy (non-hydrogen) atoms. The Bertz CT molecular complexity index is 1930. The van der Waals surface area contributed by atoms with Gasteiger partial charge in [-0.1, -0.05) is 109 Å². The van der Waals surface area contributed by atoms with Crippen LogP contribution < -0.4 is 0 Å². The van der Waals surface area contributed by atoms with E-state index in [0.717, 1.165) is 12.8 Å². The van der Waals surface area contributed by atoms with Gasteiger partial charge in [0.1, 0.15) is 0 Å². The van der Waals surface area contributed by atoms with Gasteiger partial charge in [0.05, 0.1) is 16.4 Å². The summed E-state index contributed by atoms with van der Waals surface area (Å²) in [6, 6.07) is 45.0. The number of hydrogen-bond acceptors (Lipinski definition) is 0. The first-order chi connectivity index (χ1) is 18.9. The van der Waals surface area contributed by atoms with E-state index in [1.54, 1.807) is 5.57 Å². The number of para-hydroxylation sites is 2. The molecule has 1 aromatic heterocycles. The summed E-state index contributed by atoms with van der Waals surface area (Å²) in [5.41, 5.74) is 15.2. The minimum Gasteiger partial charge on any atom is -0.313 e. The van der Waals surface area contributed by atoms with Gasteiger partial charge in [-0.3, -0.25) is 0 Å². The normalized spacial score (nSPS) is 16.5. The van der Waals surface area contributed by atoms with Crippen molar-refractivity contribution in [3.05, 3.63) is 155 Å². The van der Waals surface area contributed by atoms with Crippen LogP contribution in [-0.2, 0) is 5.41 Å². The van der Waals surface area contributed by atoms with Gasteiger partial charge < -0.3 is 4.57 Å². The Morgan fingerprint density at radius 2 is 0.947 bits per heavy atom. The van der Waals surface area contributed by atoms with Crippen LogP contribution in [0.1, 0.15) is 35.1 Å². The highest BCUT2D eigenvalue weighted by atomic mass is 15.0. The third kappa shape index (κ3) is 2.33. The number of fused-ring (bicyclic) bond motifs is 12. The maximum atomic E-state index is 2.51. The summed E-state index contributed by atoms with van der Waals surface area (Å²) >= 11 is 0. The quantitative estimate of drug-likeness (QED) is 0.220. The van der Waals surface area contributed by atoms with Crippen molar-refractivity contribution in [2.45, 2.75) is 18.3 Å². The summed E-state index contributed by atoms with van der Waals surface area (Å²) < 4.78 is 2.51. The molecule has 178 valence electrons. The van der Waals surface area contributed by atoms with Crippen molar-refractivity contribution in [2.24, 2.45) is 0 Å². The second-order valence-corrected chi connectivity index (χ2v) is 10.8.